The molecule has 1 fully saturated rings. The van der Waals surface area contributed by atoms with Crippen LogP contribution in [0.2, 0.25) is 0 Å². The maximum absolute atomic E-state index is 12.2. The second-order valence-corrected chi connectivity index (χ2v) is 4.87. The van der Waals surface area contributed by atoms with Crippen LogP contribution in [-0.2, 0) is 9.53 Å². The molecule has 2 aromatic rings. The number of ether oxygens (including phenoxy) is 1. The molecule has 118 valence electrons. The first kappa shape index (κ1) is 14.8. The Balaban J connectivity index is 1.81. The Morgan fingerprint density at radius 3 is 2.65 bits per heavy atom. The molecule has 0 saturated carbocycles. The van der Waals surface area contributed by atoms with Crippen molar-refractivity contribution in [3.05, 3.63) is 53.9 Å². The van der Waals surface area contributed by atoms with E-state index in [2.05, 4.69) is 15.2 Å². The third-order valence-electron chi connectivity index (χ3n) is 3.37. The number of benzene rings is 1. The fourth-order valence-electron chi connectivity index (χ4n) is 2.22. The Kier molecular flexibility index (Phi) is 4.05. The molecule has 0 aliphatic carbocycles. The fraction of sp³-hybridized carbons (Fsp3) is 0.200. The van der Waals surface area contributed by atoms with Gasteiger partial charge in [0.05, 0.1) is 18.8 Å². The highest BCUT2D eigenvalue weighted by Crippen LogP contribution is 2.18. The van der Waals surface area contributed by atoms with Crippen molar-refractivity contribution < 1.29 is 23.6 Å². The largest absolute Gasteiger partial charge is 0.439 e. The minimum absolute atomic E-state index is 0.0262. The van der Waals surface area contributed by atoms with Crippen molar-refractivity contribution in [3.8, 4) is 0 Å². The van der Waals surface area contributed by atoms with Crippen molar-refractivity contribution in [1.29, 1.82) is 0 Å². The molecular weight excluding hydrogens is 302 g/mol. The molecule has 3 rings (SSSR count). The zero-order valence-corrected chi connectivity index (χ0v) is 12.0. The lowest BCUT2D eigenvalue weighted by molar-refractivity contribution is -0.126. The lowest BCUT2D eigenvalue weighted by Gasteiger charge is -2.22. The summed E-state index contributed by atoms with van der Waals surface area (Å²) in [6.07, 6.45) is 0.637. The monoisotopic (exact) mass is 315 g/mol. The average molecular weight is 315 g/mol. The number of imide groups is 1. The second kappa shape index (κ2) is 6.30. The second-order valence-electron chi connectivity index (χ2n) is 4.87. The molecule has 1 aromatic heterocycles. The summed E-state index contributed by atoms with van der Waals surface area (Å²) in [6, 6.07) is 9.83. The molecule has 1 aliphatic heterocycles. The van der Waals surface area contributed by atoms with E-state index in [0.717, 1.165) is 10.5 Å². The van der Waals surface area contributed by atoms with Crippen LogP contribution in [0, 0.1) is 0 Å². The maximum atomic E-state index is 12.2. The minimum Gasteiger partial charge on any atom is -0.439 e. The van der Waals surface area contributed by atoms with E-state index in [4.69, 9.17) is 4.52 Å². The van der Waals surface area contributed by atoms with E-state index in [1.54, 1.807) is 24.3 Å². The Morgan fingerprint density at radius 1 is 1.26 bits per heavy atom. The molecule has 0 bridgehead atoms. The summed E-state index contributed by atoms with van der Waals surface area (Å²) < 4.78 is 9.50. The van der Waals surface area contributed by atoms with Crippen LogP contribution in [0.15, 0.2) is 47.1 Å². The fourth-order valence-corrected chi connectivity index (χ4v) is 2.22. The summed E-state index contributed by atoms with van der Waals surface area (Å²) in [7, 11) is 0. The van der Waals surface area contributed by atoms with Crippen LogP contribution < -0.4 is 5.32 Å². The van der Waals surface area contributed by atoms with Gasteiger partial charge in [0.15, 0.2) is 6.61 Å². The van der Waals surface area contributed by atoms with Gasteiger partial charge in [-0.1, -0.05) is 35.5 Å². The summed E-state index contributed by atoms with van der Waals surface area (Å²) in [5.74, 6) is -0.887. The number of carbonyl (C=O) groups excluding carboxylic acids is 3. The van der Waals surface area contributed by atoms with Gasteiger partial charge in [-0.2, -0.15) is 0 Å². The zero-order valence-electron chi connectivity index (χ0n) is 12.0. The third kappa shape index (κ3) is 3.20. The number of nitrogens with one attached hydrogen (secondary N) is 1. The average Bonchev–Trinajstić information content (AvgIpc) is 3.20. The van der Waals surface area contributed by atoms with E-state index in [-0.39, 0.29) is 18.9 Å². The van der Waals surface area contributed by atoms with E-state index in [1.807, 2.05) is 6.07 Å². The quantitative estimate of drug-likeness (QED) is 0.887. The molecule has 8 nitrogen and oxygen atoms in total. The molecule has 0 radical (unpaired) electrons. The molecule has 1 aromatic carbocycles. The van der Waals surface area contributed by atoms with Crippen LogP contribution in [0.3, 0.4) is 0 Å². The Bertz CT molecular complexity index is 698. The summed E-state index contributed by atoms with van der Waals surface area (Å²) in [5.41, 5.74) is 0.743. The van der Waals surface area contributed by atoms with Crippen molar-refractivity contribution in [2.45, 2.75) is 6.04 Å². The van der Waals surface area contributed by atoms with Gasteiger partial charge in [0.1, 0.15) is 0 Å². The summed E-state index contributed by atoms with van der Waals surface area (Å²) in [5, 5.41) is 6.21. The number of rotatable bonds is 5. The molecule has 2 heterocycles. The van der Waals surface area contributed by atoms with Gasteiger partial charge in [0.25, 0.3) is 11.8 Å². The van der Waals surface area contributed by atoms with Gasteiger partial charge in [-0.3, -0.25) is 9.59 Å². The molecular formula is C15H13N3O5. The standard InChI is InChI=1S/C15H13N3O5/c19-13-9-22-15(21)18(13)8-11(10-4-2-1-3-5-10)17-14(20)12-6-7-16-23-12/h1-7,11H,8-9H2,(H,17,20). The van der Waals surface area contributed by atoms with Gasteiger partial charge in [0, 0.05) is 6.07 Å². The van der Waals surface area contributed by atoms with Crippen molar-refractivity contribution in [3.63, 3.8) is 0 Å². The van der Waals surface area contributed by atoms with E-state index in [1.165, 1.54) is 12.3 Å². The van der Waals surface area contributed by atoms with Gasteiger partial charge in [-0.15, -0.1) is 0 Å². The Labute approximate surface area is 131 Å². The van der Waals surface area contributed by atoms with Gasteiger partial charge in [-0.25, -0.2) is 9.69 Å². The molecule has 1 atom stereocenters. The summed E-state index contributed by atoms with van der Waals surface area (Å²) >= 11 is 0. The Hall–Kier alpha value is -3.16. The van der Waals surface area contributed by atoms with E-state index < -0.39 is 23.9 Å². The van der Waals surface area contributed by atoms with Gasteiger partial charge in [-0.05, 0) is 5.56 Å². The maximum Gasteiger partial charge on any atom is 0.417 e. The van der Waals surface area contributed by atoms with E-state index >= 15 is 0 Å². The number of hydrogen-bond donors (Lipinski definition) is 1. The van der Waals surface area contributed by atoms with Crippen molar-refractivity contribution in [2.75, 3.05) is 13.2 Å². The van der Waals surface area contributed by atoms with Gasteiger partial charge < -0.3 is 14.6 Å². The molecule has 0 spiro atoms. The molecule has 1 unspecified atom stereocenters. The lowest BCUT2D eigenvalue weighted by Crippen LogP contribution is -2.40. The van der Waals surface area contributed by atoms with Crippen LogP contribution >= 0.6 is 0 Å². The Morgan fingerprint density at radius 2 is 2.04 bits per heavy atom. The van der Waals surface area contributed by atoms with Crippen molar-refractivity contribution in [2.24, 2.45) is 0 Å². The summed E-state index contributed by atoms with van der Waals surface area (Å²) in [6.45, 7) is -0.308. The number of aromatic nitrogens is 1. The van der Waals surface area contributed by atoms with Gasteiger partial charge >= 0.3 is 6.09 Å². The predicted molar refractivity (Wildman–Crippen MR) is 76.2 cm³/mol. The first-order valence-corrected chi connectivity index (χ1v) is 6.89. The normalized spacial score (nSPS) is 15.4. The van der Waals surface area contributed by atoms with Crippen molar-refractivity contribution in [1.82, 2.24) is 15.4 Å². The van der Waals surface area contributed by atoms with Crippen LogP contribution in [-0.4, -0.2) is 41.1 Å². The smallest absolute Gasteiger partial charge is 0.417 e. The SMILES string of the molecule is O=C(NC(CN1C(=O)COC1=O)c1ccccc1)c1ccno1. The van der Waals surface area contributed by atoms with Crippen LogP contribution in [0.1, 0.15) is 22.2 Å². The number of cyclic esters (lactones) is 1. The highest BCUT2D eigenvalue weighted by molar-refractivity contribution is 5.98. The molecule has 23 heavy (non-hydrogen) atoms. The van der Waals surface area contributed by atoms with E-state index in [0.29, 0.717) is 0 Å². The number of carbonyl (C=O) groups is 3. The zero-order chi connectivity index (χ0) is 16.2. The van der Waals surface area contributed by atoms with Crippen LogP contribution in [0.25, 0.3) is 0 Å². The third-order valence-corrected chi connectivity index (χ3v) is 3.37. The number of hydrogen-bond acceptors (Lipinski definition) is 6. The van der Waals surface area contributed by atoms with Crippen LogP contribution in [0.4, 0.5) is 4.79 Å². The van der Waals surface area contributed by atoms with Crippen molar-refractivity contribution >= 4 is 17.9 Å². The first-order valence-electron chi connectivity index (χ1n) is 6.89. The summed E-state index contributed by atoms with van der Waals surface area (Å²) in [4.78, 5) is 36.4. The van der Waals surface area contributed by atoms with Crippen LogP contribution in [0.5, 0.6) is 0 Å². The minimum atomic E-state index is -0.718. The van der Waals surface area contributed by atoms with E-state index in [9.17, 15) is 14.4 Å². The number of amides is 3. The highest BCUT2D eigenvalue weighted by atomic mass is 16.6. The lowest BCUT2D eigenvalue weighted by atomic mass is 10.1. The molecule has 1 N–H and O–H groups in total. The van der Waals surface area contributed by atoms with Gasteiger partial charge in [0.2, 0.25) is 5.76 Å². The molecule has 3 amide bonds. The predicted octanol–water partition coefficient (Wildman–Crippen LogP) is 1.12. The highest BCUT2D eigenvalue weighted by Gasteiger charge is 2.34. The molecule has 8 heteroatoms. The molecule has 1 saturated heterocycles. The first-order chi connectivity index (χ1) is 11.1. The number of nitrogens with zero attached hydrogens (tertiary/aromatic N) is 2. The topological polar surface area (TPSA) is 102 Å². The molecule has 1 aliphatic rings.